The number of hydrogen-bond acceptors (Lipinski definition) is 3. The highest BCUT2D eigenvalue weighted by atomic mass is 16.2. The fourth-order valence-electron chi connectivity index (χ4n) is 3.04. The first-order valence-corrected chi connectivity index (χ1v) is 9.99. The molecule has 0 aromatic heterocycles. The van der Waals surface area contributed by atoms with Gasteiger partial charge in [-0.15, -0.1) is 0 Å². The number of ketones is 1. The summed E-state index contributed by atoms with van der Waals surface area (Å²) in [5.41, 5.74) is 1.11. The van der Waals surface area contributed by atoms with Crippen LogP contribution in [0.2, 0.25) is 0 Å². The van der Waals surface area contributed by atoms with E-state index in [9.17, 15) is 9.59 Å². The standard InChI is InChI=1S/C22H36N2O2/c1-6-7-9-14-19(21(25)16(2)3)24-22(26)20(23-17(4)5)15-18-12-10-8-11-13-18/h8,10-13,16-17,19-20,23H,6-7,9,14-15H2,1-5H3,(H,24,26)/t19-,20-/m0/s1. The lowest BCUT2D eigenvalue weighted by atomic mass is 9.96. The molecule has 2 atom stereocenters. The number of carbonyl (C=O) groups excluding carboxylic acids is 2. The molecule has 1 aromatic carbocycles. The Morgan fingerprint density at radius 1 is 0.962 bits per heavy atom. The molecule has 0 radical (unpaired) electrons. The van der Waals surface area contributed by atoms with E-state index in [0.717, 1.165) is 31.2 Å². The predicted octanol–water partition coefficient (Wildman–Crippen LogP) is 3.89. The van der Waals surface area contributed by atoms with Gasteiger partial charge in [-0.1, -0.05) is 84.2 Å². The summed E-state index contributed by atoms with van der Waals surface area (Å²) >= 11 is 0. The van der Waals surface area contributed by atoms with Crippen molar-refractivity contribution >= 4 is 11.7 Å². The molecule has 0 heterocycles. The second-order valence-corrected chi connectivity index (χ2v) is 7.68. The molecular formula is C22H36N2O2. The van der Waals surface area contributed by atoms with Gasteiger partial charge in [-0.25, -0.2) is 0 Å². The van der Waals surface area contributed by atoms with E-state index >= 15 is 0 Å². The molecule has 0 saturated carbocycles. The van der Waals surface area contributed by atoms with Crippen LogP contribution < -0.4 is 10.6 Å². The molecule has 26 heavy (non-hydrogen) atoms. The van der Waals surface area contributed by atoms with E-state index < -0.39 is 0 Å². The Hall–Kier alpha value is -1.68. The van der Waals surface area contributed by atoms with Crippen molar-refractivity contribution in [1.29, 1.82) is 0 Å². The van der Waals surface area contributed by atoms with Crippen LogP contribution in [0.5, 0.6) is 0 Å². The smallest absolute Gasteiger partial charge is 0.238 e. The average molecular weight is 361 g/mol. The van der Waals surface area contributed by atoms with Gasteiger partial charge in [0, 0.05) is 12.0 Å². The van der Waals surface area contributed by atoms with Gasteiger partial charge in [-0.2, -0.15) is 0 Å². The minimum absolute atomic E-state index is 0.0763. The number of amides is 1. The van der Waals surface area contributed by atoms with E-state index in [4.69, 9.17) is 0 Å². The second-order valence-electron chi connectivity index (χ2n) is 7.68. The molecule has 0 bridgehead atoms. The number of carbonyl (C=O) groups is 2. The normalized spacial score (nSPS) is 13.7. The third-order valence-electron chi connectivity index (χ3n) is 4.46. The molecule has 0 aliphatic carbocycles. The first-order chi connectivity index (χ1) is 12.3. The van der Waals surface area contributed by atoms with Gasteiger partial charge in [0.05, 0.1) is 12.1 Å². The van der Waals surface area contributed by atoms with E-state index in [1.165, 1.54) is 0 Å². The van der Waals surface area contributed by atoms with Gasteiger partial charge in [0.1, 0.15) is 0 Å². The lowest BCUT2D eigenvalue weighted by Gasteiger charge is -2.25. The molecule has 146 valence electrons. The highest BCUT2D eigenvalue weighted by Crippen LogP contribution is 2.11. The summed E-state index contributed by atoms with van der Waals surface area (Å²) in [5, 5.41) is 6.38. The van der Waals surface area contributed by atoms with Crippen molar-refractivity contribution < 1.29 is 9.59 Å². The molecule has 0 aliphatic rings. The van der Waals surface area contributed by atoms with Crippen LogP contribution in [-0.4, -0.2) is 29.8 Å². The van der Waals surface area contributed by atoms with Crippen molar-refractivity contribution in [2.24, 2.45) is 5.92 Å². The van der Waals surface area contributed by atoms with Gasteiger partial charge in [-0.3, -0.25) is 9.59 Å². The van der Waals surface area contributed by atoms with Crippen LogP contribution in [0.4, 0.5) is 0 Å². The van der Waals surface area contributed by atoms with Crippen LogP contribution in [0.25, 0.3) is 0 Å². The maximum Gasteiger partial charge on any atom is 0.238 e. The first kappa shape index (κ1) is 22.4. The van der Waals surface area contributed by atoms with Crippen LogP contribution in [-0.2, 0) is 16.0 Å². The summed E-state index contributed by atoms with van der Waals surface area (Å²) in [6.45, 7) is 10.00. The third-order valence-corrected chi connectivity index (χ3v) is 4.46. The average Bonchev–Trinajstić information content (AvgIpc) is 2.60. The second kappa shape index (κ2) is 11.8. The van der Waals surface area contributed by atoms with E-state index in [0.29, 0.717) is 6.42 Å². The summed E-state index contributed by atoms with van der Waals surface area (Å²) < 4.78 is 0. The fourth-order valence-corrected chi connectivity index (χ4v) is 3.04. The molecule has 1 aromatic rings. The largest absolute Gasteiger partial charge is 0.345 e. The molecule has 0 aliphatic heterocycles. The van der Waals surface area contributed by atoms with Crippen molar-refractivity contribution in [2.75, 3.05) is 0 Å². The number of Topliss-reactive ketones (excluding diaryl/α,β-unsaturated/α-hetero) is 1. The monoisotopic (exact) mass is 360 g/mol. The number of hydrogen-bond donors (Lipinski definition) is 2. The van der Waals surface area contributed by atoms with E-state index in [1.54, 1.807) is 0 Å². The summed E-state index contributed by atoms with van der Waals surface area (Å²) in [4.78, 5) is 25.5. The molecule has 1 amide bonds. The van der Waals surface area contributed by atoms with Crippen molar-refractivity contribution in [3.63, 3.8) is 0 Å². The zero-order valence-electron chi connectivity index (χ0n) is 17.0. The topological polar surface area (TPSA) is 58.2 Å². The lowest BCUT2D eigenvalue weighted by Crippen LogP contribution is -2.53. The Morgan fingerprint density at radius 2 is 1.62 bits per heavy atom. The Morgan fingerprint density at radius 3 is 2.15 bits per heavy atom. The van der Waals surface area contributed by atoms with Crippen molar-refractivity contribution in [3.8, 4) is 0 Å². The van der Waals surface area contributed by atoms with Gasteiger partial charge in [0.15, 0.2) is 5.78 Å². The molecule has 1 rings (SSSR count). The minimum atomic E-state index is -0.388. The number of benzene rings is 1. The van der Waals surface area contributed by atoms with Gasteiger partial charge in [0.2, 0.25) is 5.91 Å². The molecule has 0 saturated heterocycles. The lowest BCUT2D eigenvalue weighted by molar-refractivity contribution is -0.130. The Kier molecular flexibility index (Phi) is 10.2. The van der Waals surface area contributed by atoms with Crippen LogP contribution in [0.15, 0.2) is 30.3 Å². The maximum absolute atomic E-state index is 12.9. The highest BCUT2D eigenvalue weighted by Gasteiger charge is 2.27. The highest BCUT2D eigenvalue weighted by molar-refractivity contribution is 5.91. The Bertz CT molecular complexity index is 540. The van der Waals surface area contributed by atoms with E-state index in [1.807, 2.05) is 58.0 Å². The Balaban J connectivity index is 2.83. The van der Waals surface area contributed by atoms with Crippen molar-refractivity contribution in [3.05, 3.63) is 35.9 Å². The molecule has 0 unspecified atom stereocenters. The number of nitrogens with one attached hydrogen (secondary N) is 2. The molecular weight excluding hydrogens is 324 g/mol. The number of rotatable bonds is 12. The number of unbranched alkanes of at least 4 members (excludes halogenated alkanes) is 2. The van der Waals surface area contributed by atoms with Crippen LogP contribution in [0.1, 0.15) is 65.9 Å². The van der Waals surface area contributed by atoms with Gasteiger partial charge < -0.3 is 10.6 Å². The summed E-state index contributed by atoms with van der Waals surface area (Å²) in [6.07, 6.45) is 4.47. The van der Waals surface area contributed by atoms with Crippen molar-refractivity contribution in [1.82, 2.24) is 10.6 Å². The molecule has 4 heteroatoms. The molecule has 2 N–H and O–H groups in total. The Labute approximate surface area is 159 Å². The molecule has 4 nitrogen and oxygen atoms in total. The zero-order valence-corrected chi connectivity index (χ0v) is 17.0. The van der Waals surface area contributed by atoms with Crippen LogP contribution >= 0.6 is 0 Å². The SMILES string of the molecule is CCCCC[C@H](NC(=O)[C@H](Cc1ccccc1)NC(C)C)C(=O)C(C)C. The van der Waals surface area contributed by atoms with Gasteiger partial charge >= 0.3 is 0 Å². The van der Waals surface area contributed by atoms with Gasteiger partial charge in [0.25, 0.3) is 0 Å². The molecule has 0 fully saturated rings. The summed E-state index contributed by atoms with van der Waals surface area (Å²) in [6, 6.07) is 9.45. The first-order valence-electron chi connectivity index (χ1n) is 9.99. The van der Waals surface area contributed by atoms with E-state index in [-0.39, 0.29) is 35.7 Å². The third kappa shape index (κ3) is 8.13. The molecule has 0 spiro atoms. The maximum atomic E-state index is 12.9. The predicted molar refractivity (Wildman–Crippen MR) is 108 cm³/mol. The van der Waals surface area contributed by atoms with E-state index in [2.05, 4.69) is 17.6 Å². The van der Waals surface area contributed by atoms with Crippen molar-refractivity contribution in [2.45, 2.75) is 84.8 Å². The minimum Gasteiger partial charge on any atom is -0.345 e. The van der Waals surface area contributed by atoms with Gasteiger partial charge in [-0.05, 0) is 18.4 Å². The fraction of sp³-hybridized carbons (Fsp3) is 0.636. The zero-order chi connectivity index (χ0) is 19.5. The van der Waals surface area contributed by atoms with Crippen LogP contribution in [0.3, 0.4) is 0 Å². The summed E-state index contributed by atoms with van der Waals surface area (Å²) in [5.74, 6) is -0.0388. The van der Waals surface area contributed by atoms with Crippen LogP contribution in [0, 0.1) is 5.92 Å². The summed E-state index contributed by atoms with van der Waals surface area (Å²) in [7, 11) is 0. The quantitative estimate of drug-likeness (QED) is 0.556.